The molecule has 0 aromatic heterocycles. The summed E-state index contributed by atoms with van der Waals surface area (Å²) < 4.78 is 0. The van der Waals surface area contributed by atoms with Crippen LogP contribution in [0.15, 0.2) is 84.9 Å². The van der Waals surface area contributed by atoms with Crippen molar-refractivity contribution in [3.05, 3.63) is 102 Å². The van der Waals surface area contributed by atoms with Gasteiger partial charge in [-0.25, -0.2) is 0 Å². The number of amides is 3. The summed E-state index contributed by atoms with van der Waals surface area (Å²) in [5.74, 6) is -0.692. The first-order chi connectivity index (χ1) is 15.0. The average Bonchev–Trinajstić information content (AvgIpc) is 2.79. The van der Waals surface area contributed by atoms with Crippen molar-refractivity contribution in [3.8, 4) is 0 Å². The highest BCUT2D eigenvalue weighted by Gasteiger charge is 2.12. The second-order valence-corrected chi connectivity index (χ2v) is 7.17. The van der Waals surface area contributed by atoms with E-state index < -0.39 is 0 Å². The van der Waals surface area contributed by atoms with Crippen LogP contribution in [0.3, 0.4) is 0 Å². The van der Waals surface area contributed by atoms with Gasteiger partial charge in [-0.05, 0) is 42.3 Å². The highest BCUT2D eigenvalue weighted by molar-refractivity contribution is 6.04. The van der Waals surface area contributed by atoms with E-state index in [1.54, 1.807) is 18.2 Å². The first-order valence-corrected chi connectivity index (χ1v) is 10.1. The van der Waals surface area contributed by atoms with E-state index in [4.69, 9.17) is 0 Å². The third-order valence-corrected chi connectivity index (χ3v) is 4.71. The Balaban J connectivity index is 1.50. The van der Waals surface area contributed by atoms with Crippen molar-refractivity contribution in [2.45, 2.75) is 19.4 Å². The third kappa shape index (κ3) is 6.82. The summed E-state index contributed by atoms with van der Waals surface area (Å²) in [5.41, 5.74) is 2.95. The van der Waals surface area contributed by atoms with E-state index >= 15 is 0 Å². The number of carbonyl (C=O) groups is 3. The van der Waals surface area contributed by atoms with Crippen molar-refractivity contribution in [1.29, 1.82) is 0 Å². The second-order valence-electron chi connectivity index (χ2n) is 7.17. The number of benzene rings is 3. The molecule has 0 saturated heterocycles. The van der Waals surface area contributed by atoms with Crippen molar-refractivity contribution < 1.29 is 14.4 Å². The second kappa shape index (κ2) is 10.7. The predicted molar refractivity (Wildman–Crippen MR) is 121 cm³/mol. The molecule has 1 atom stereocenters. The van der Waals surface area contributed by atoms with Crippen LogP contribution < -0.4 is 16.0 Å². The summed E-state index contributed by atoms with van der Waals surface area (Å²) in [7, 11) is 0. The molecule has 3 N–H and O–H groups in total. The molecule has 0 unspecified atom stereocenters. The van der Waals surface area contributed by atoms with Gasteiger partial charge in [-0.15, -0.1) is 0 Å². The maximum Gasteiger partial charge on any atom is 0.255 e. The van der Waals surface area contributed by atoms with Gasteiger partial charge in [-0.1, -0.05) is 60.7 Å². The molecule has 3 rings (SSSR count). The fraction of sp³-hybridized carbons (Fsp3) is 0.160. The first kappa shape index (κ1) is 21.8. The highest BCUT2D eigenvalue weighted by Crippen LogP contribution is 2.18. The van der Waals surface area contributed by atoms with Crippen LogP contribution in [0.2, 0.25) is 0 Å². The zero-order valence-electron chi connectivity index (χ0n) is 17.3. The van der Waals surface area contributed by atoms with Crippen LogP contribution in [0.1, 0.15) is 34.5 Å². The molecule has 0 saturated carbocycles. The Morgan fingerprint density at radius 2 is 1.48 bits per heavy atom. The molecule has 6 nitrogen and oxygen atoms in total. The molecule has 3 aromatic rings. The Labute approximate surface area is 181 Å². The molecule has 0 radical (unpaired) electrons. The van der Waals surface area contributed by atoms with Gasteiger partial charge in [0, 0.05) is 11.3 Å². The Hall–Kier alpha value is -3.93. The lowest BCUT2D eigenvalue weighted by Crippen LogP contribution is -2.38. The third-order valence-electron chi connectivity index (χ3n) is 4.71. The smallest absolute Gasteiger partial charge is 0.255 e. The molecule has 0 aliphatic carbocycles. The predicted octanol–water partition coefficient (Wildman–Crippen LogP) is 3.48. The van der Waals surface area contributed by atoms with Crippen molar-refractivity contribution in [2.24, 2.45) is 0 Å². The Morgan fingerprint density at radius 3 is 2.19 bits per heavy atom. The van der Waals surface area contributed by atoms with Crippen molar-refractivity contribution in [1.82, 2.24) is 10.6 Å². The van der Waals surface area contributed by atoms with E-state index in [-0.39, 0.29) is 36.7 Å². The van der Waals surface area contributed by atoms with Gasteiger partial charge in [0.15, 0.2) is 0 Å². The lowest BCUT2D eigenvalue weighted by atomic mass is 10.1. The minimum atomic E-state index is -0.285. The molecule has 0 aliphatic heterocycles. The molecule has 0 heterocycles. The minimum absolute atomic E-state index is 0.0968. The number of hydrogen-bond acceptors (Lipinski definition) is 3. The van der Waals surface area contributed by atoms with E-state index in [0.29, 0.717) is 11.3 Å². The average molecular weight is 415 g/mol. The first-order valence-electron chi connectivity index (χ1n) is 10.1. The lowest BCUT2D eigenvalue weighted by molar-refractivity contribution is -0.126. The SMILES string of the molecule is C[C@H](NC(=O)CNC(=O)Cc1ccccc1)c1cccc(NC(=O)c2ccccc2)c1. The van der Waals surface area contributed by atoms with Crippen molar-refractivity contribution >= 4 is 23.4 Å². The summed E-state index contributed by atoms with van der Waals surface area (Å²) >= 11 is 0. The van der Waals surface area contributed by atoms with Crippen LogP contribution in [-0.4, -0.2) is 24.3 Å². The molecule has 0 bridgehead atoms. The Morgan fingerprint density at radius 1 is 0.806 bits per heavy atom. The minimum Gasteiger partial charge on any atom is -0.348 e. The van der Waals surface area contributed by atoms with Gasteiger partial charge in [0.25, 0.3) is 5.91 Å². The molecule has 3 aromatic carbocycles. The fourth-order valence-electron chi connectivity index (χ4n) is 3.08. The lowest BCUT2D eigenvalue weighted by Gasteiger charge is -2.16. The monoisotopic (exact) mass is 415 g/mol. The number of nitrogens with one attached hydrogen (secondary N) is 3. The van der Waals surface area contributed by atoms with E-state index in [1.807, 2.05) is 73.7 Å². The topological polar surface area (TPSA) is 87.3 Å². The van der Waals surface area contributed by atoms with Crippen LogP contribution in [-0.2, 0) is 16.0 Å². The van der Waals surface area contributed by atoms with Crippen LogP contribution in [0, 0.1) is 0 Å². The molecule has 0 aliphatic rings. The Kier molecular flexibility index (Phi) is 7.54. The number of hydrogen-bond donors (Lipinski definition) is 3. The van der Waals surface area contributed by atoms with E-state index in [0.717, 1.165) is 11.1 Å². The van der Waals surface area contributed by atoms with Crippen molar-refractivity contribution in [2.75, 3.05) is 11.9 Å². The summed E-state index contributed by atoms with van der Waals surface area (Å²) in [4.78, 5) is 36.6. The summed E-state index contributed by atoms with van der Waals surface area (Å²) in [6, 6.07) is 25.3. The van der Waals surface area contributed by atoms with Gasteiger partial charge in [0.05, 0.1) is 19.0 Å². The maximum absolute atomic E-state index is 12.3. The highest BCUT2D eigenvalue weighted by atomic mass is 16.2. The van der Waals surface area contributed by atoms with E-state index in [9.17, 15) is 14.4 Å². The van der Waals surface area contributed by atoms with Gasteiger partial charge in [-0.3, -0.25) is 14.4 Å². The van der Waals surface area contributed by atoms with Crippen LogP contribution in [0.4, 0.5) is 5.69 Å². The quantitative estimate of drug-likeness (QED) is 0.526. The largest absolute Gasteiger partial charge is 0.348 e. The van der Waals surface area contributed by atoms with Gasteiger partial charge in [0.2, 0.25) is 11.8 Å². The van der Waals surface area contributed by atoms with Gasteiger partial charge < -0.3 is 16.0 Å². The zero-order valence-corrected chi connectivity index (χ0v) is 17.3. The number of anilines is 1. The number of carbonyl (C=O) groups excluding carboxylic acids is 3. The molecular formula is C25H25N3O3. The molecule has 3 amide bonds. The summed E-state index contributed by atoms with van der Waals surface area (Å²) in [6.45, 7) is 1.75. The van der Waals surface area contributed by atoms with Crippen LogP contribution in [0.25, 0.3) is 0 Å². The molecule has 31 heavy (non-hydrogen) atoms. The van der Waals surface area contributed by atoms with Gasteiger partial charge >= 0.3 is 0 Å². The van der Waals surface area contributed by atoms with Gasteiger partial charge in [-0.2, -0.15) is 0 Å². The summed E-state index contributed by atoms with van der Waals surface area (Å²) in [6.07, 6.45) is 0.229. The van der Waals surface area contributed by atoms with E-state index in [2.05, 4.69) is 16.0 Å². The molecular weight excluding hydrogens is 390 g/mol. The molecule has 0 fully saturated rings. The zero-order chi connectivity index (χ0) is 22.1. The van der Waals surface area contributed by atoms with Gasteiger partial charge in [0.1, 0.15) is 0 Å². The molecule has 6 heteroatoms. The summed E-state index contributed by atoms with van der Waals surface area (Å²) in [5, 5.41) is 8.36. The van der Waals surface area contributed by atoms with E-state index in [1.165, 1.54) is 0 Å². The molecule has 0 spiro atoms. The molecule has 158 valence electrons. The van der Waals surface area contributed by atoms with Crippen LogP contribution >= 0.6 is 0 Å². The van der Waals surface area contributed by atoms with Crippen molar-refractivity contribution in [3.63, 3.8) is 0 Å². The number of rotatable bonds is 8. The fourth-order valence-corrected chi connectivity index (χ4v) is 3.08. The van der Waals surface area contributed by atoms with Crippen LogP contribution in [0.5, 0.6) is 0 Å². The standard InChI is InChI=1S/C25H25N3O3/c1-18(27-24(30)17-26-23(29)15-19-9-4-2-5-10-19)21-13-8-14-22(16-21)28-25(31)20-11-6-3-7-12-20/h2-14,16,18H,15,17H2,1H3,(H,26,29)(H,27,30)(H,28,31)/t18-/m0/s1. The normalized spacial score (nSPS) is 11.3. The maximum atomic E-state index is 12.3. The Bertz CT molecular complexity index is 1040.